The zero-order valence-corrected chi connectivity index (χ0v) is 22.7. The summed E-state index contributed by atoms with van der Waals surface area (Å²) in [5, 5.41) is 4.59. The number of hydrogen-bond acceptors (Lipinski definition) is 5. The van der Waals surface area contributed by atoms with E-state index in [-0.39, 0.29) is 12.0 Å². The van der Waals surface area contributed by atoms with Gasteiger partial charge in [-0.25, -0.2) is 0 Å². The highest BCUT2D eigenvalue weighted by atomic mass is 35.5. The molecule has 1 amide bonds. The summed E-state index contributed by atoms with van der Waals surface area (Å²) in [6, 6.07) is 18.0. The van der Waals surface area contributed by atoms with Gasteiger partial charge in [0.15, 0.2) is 0 Å². The van der Waals surface area contributed by atoms with Crippen LogP contribution < -0.4 is 10.1 Å². The van der Waals surface area contributed by atoms with E-state index < -0.39 is 0 Å². The van der Waals surface area contributed by atoms with Crippen molar-refractivity contribution in [3.05, 3.63) is 94.4 Å². The molecule has 1 aliphatic heterocycles. The van der Waals surface area contributed by atoms with Crippen molar-refractivity contribution >= 4 is 28.4 Å². The number of nitrogens with zero attached hydrogens (tertiary/aromatic N) is 3. The second-order valence-corrected chi connectivity index (χ2v) is 10.4. The molecule has 8 heteroatoms. The number of fused-ring (bicyclic) bond motifs is 1. The van der Waals surface area contributed by atoms with E-state index >= 15 is 0 Å². The minimum Gasteiger partial charge on any atom is -0.489 e. The van der Waals surface area contributed by atoms with Gasteiger partial charge in [0, 0.05) is 67.6 Å². The molecular weight excluding hydrogens is 498 g/mol. The Bertz CT molecular complexity index is 1360. The summed E-state index contributed by atoms with van der Waals surface area (Å²) in [5.74, 6) is 0.648. The Balaban J connectivity index is 1.06. The largest absolute Gasteiger partial charge is 0.489 e. The van der Waals surface area contributed by atoms with E-state index in [1.165, 1.54) is 11.1 Å². The van der Waals surface area contributed by atoms with Gasteiger partial charge in [-0.1, -0.05) is 29.8 Å². The molecule has 0 aliphatic carbocycles. The lowest BCUT2D eigenvalue weighted by Gasteiger charge is -2.34. The number of benzene rings is 2. The predicted octanol–water partition coefficient (Wildman–Crippen LogP) is 5.04. The summed E-state index contributed by atoms with van der Waals surface area (Å²) >= 11 is 6.11. The Hall–Kier alpha value is -3.39. The number of aromatic amines is 1. The molecule has 1 aliphatic rings. The van der Waals surface area contributed by atoms with E-state index in [9.17, 15) is 4.79 Å². The molecule has 1 fully saturated rings. The van der Waals surface area contributed by atoms with Crippen LogP contribution in [-0.4, -0.2) is 64.5 Å². The van der Waals surface area contributed by atoms with E-state index in [1.807, 2.05) is 62.6 Å². The van der Waals surface area contributed by atoms with Crippen molar-refractivity contribution in [2.24, 2.45) is 0 Å². The van der Waals surface area contributed by atoms with Gasteiger partial charge in [-0.05, 0) is 66.9 Å². The van der Waals surface area contributed by atoms with Gasteiger partial charge in [0.25, 0.3) is 5.91 Å². The maximum atomic E-state index is 12.8. The molecule has 0 radical (unpaired) electrons. The van der Waals surface area contributed by atoms with Crippen molar-refractivity contribution in [3.8, 4) is 5.75 Å². The number of aryl methyl sites for hydroxylation is 1. The molecule has 0 saturated carbocycles. The van der Waals surface area contributed by atoms with Crippen molar-refractivity contribution in [1.82, 2.24) is 25.1 Å². The molecular formula is C30H34ClN5O2. The van der Waals surface area contributed by atoms with Crippen LogP contribution in [0.2, 0.25) is 5.02 Å². The van der Waals surface area contributed by atoms with Gasteiger partial charge in [-0.15, -0.1) is 0 Å². The minimum absolute atomic E-state index is 0.152. The molecule has 0 spiro atoms. The first kappa shape index (κ1) is 26.2. The van der Waals surface area contributed by atoms with Gasteiger partial charge in [0.2, 0.25) is 0 Å². The van der Waals surface area contributed by atoms with E-state index in [2.05, 4.69) is 43.3 Å². The summed E-state index contributed by atoms with van der Waals surface area (Å²) in [6.45, 7) is 10.4. The summed E-state index contributed by atoms with van der Waals surface area (Å²) in [5.41, 5.74) is 4.88. The Labute approximate surface area is 228 Å². The molecule has 7 nitrogen and oxygen atoms in total. The van der Waals surface area contributed by atoms with Crippen LogP contribution in [0.1, 0.15) is 34.1 Å². The number of hydrogen-bond donors (Lipinski definition) is 2. The monoisotopic (exact) mass is 531 g/mol. The Morgan fingerprint density at radius 2 is 1.76 bits per heavy atom. The van der Waals surface area contributed by atoms with Crippen LogP contribution >= 0.6 is 11.6 Å². The lowest BCUT2D eigenvalue weighted by Crippen LogP contribution is -2.45. The SMILES string of the molecule is Cc1c(C(=O)NCC(C)Oc2ccc(CN3CCN(Cc4cccnc4)CC3)cc2)[nH]c2ccc(Cl)cc12. The number of H-pyrrole nitrogens is 1. The van der Waals surface area contributed by atoms with Crippen molar-refractivity contribution < 1.29 is 9.53 Å². The Morgan fingerprint density at radius 3 is 2.45 bits per heavy atom. The number of carbonyl (C=O) groups excluding carboxylic acids is 1. The first-order chi connectivity index (χ1) is 18.4. The normalized spacial score (nSPS) is 15.4. The number of carbonyl (C=O) groups is 1. The third-order valence-corrected chi connectivity index (χ3v) is 7.29. The third kappa shape index (κ3) is 6.54. The van der Waals surface area contributed by atoms with Gasteiger partial charge in [-0.3, -0.25) is 19.6 Å². The molecule has 2 N–H and O–H groups in total. The van der Waals surface area contributed by atoms with E-state index in [1.54, 1.807) is 0 Å². The van der Waals surface area contributed by atoms with Crippen LogP contribution in [0.4, 0.5) is 0 Å². The van der Waals surface area contributed by atoms with Gasteiger partial charge in [0.05, 0.1) is 6.54 Å². The molecule has 0 bridgehead atoms. The lowest BCUT2D eigenvalue weighted by molar-refractivity contribution is 0.0927. The third-order valence-electron chi connectivity index (χ3n) is 7.06. The number of piperazine rings is 1. The van der Waals surface area contributed by atoms with Crippen LogP contribution in [0, 0.1) is 6.92 Å². The summed E-state index contributed by atoms with van der Waals surface area (Å²) in [6.07, 6.45) is 3.60. The quantitative estimate of drug-likeness (QED) is 0.316. The molecule has 38 heavy (non-hydrogen) atoms. The smallest absolute Gasteiger partial charge is 0.268 e. The second-order valence-electron chi connectivity index (χ2n) is 10.0. The van der Waals surface area contributed by atoms with Crippen LogP contribution in [0.15, 0.2) is 67.0 Å². The number of aromatic nitrogens is 2. The second kappa shape index (κ2) is 12.0. The van der Waals surface area contributed by atoms with E-state index in [0.717, 1.165) is 61.5 Å². The number of rotatable bonds is 9. The number of pyridine rings is 1. The molecule has 1 unspecified atom stereocenters. The number of ether oxygens (including phenoxy) is 1. The van der Waals surface area contributed by atoms with Gasteiger partial charge < -0.3 is 15.0 Å². The fourth-order valence-electron chi connectivity index (χ4n) is 4.91. The first-order valence-corrected chi connectivity index (χ1v) is 13.5. The molecule has 4 aromatic rings. The predicted molar refractivity (Wildman–Crippen MR) is 152 cm³/mol. The van der Waals surface area contributed by atoms with Crippen LogP contribution in [0.25, 0.3) is 10.9 Å². The van der Waals surface area contributed by atoms with Crippen molar-refractivity contribution in [2.45, 2.75) is 33.0 Å². The first-order valence-electron chi connectivity index (χ1n) is 13.1. The topological polar surface area (TPSA) is 73.5 Å². The molecule has 2 aromatic carbocycles. The van der Waals surface area contributed by atoms with Crippen molar-refractivity contribution in [3.63, 3.8) is 0 Å². The lowest BCUT2D eigenvalue weighted by atomic mass is 10.1. The van der Waals surface area contributed by atoms with Crippen LogP contribution in [0.3, 0.4) is 0 Å². The zero-order chi connectivity index (χ0) is 26.5. The molecule has 1 saturated heterocycles. The summed E-state index contributed by atoms with van der Waals surface area (Å²) < 4.78 is 6.05. The highest BCUT2D eigenvalue weighted by Crippen LogP contribution is 2.25. The number of amides is 1. The van der Waals surface area contributed by atoms with Crippen molar-refractivity contribution in [1.29, 1.82) is 0 Å². The molecule has 198 valence electrons. The summed E-state index contributed by atoms with van der Waals surface area (Å²) in [4.78, 5) is 25.2. The number of halogens is 1. The van der Waals surface area contributed by atoms with E-state index in [4.69, 9.17) is 16.3 Å². The molecule has 1 atom stereocenters. The Kier molecular flexibility index (Phi) is 8.27. The van der Waals surface area contributed by atoms with Crippen LogP contribution in [-0.2, 0) is 13.1 Å². The fraction of sp³-hybridized carbons (Fsp3) is 0.333. The maximum Gasteiger partial charge on any atom is 0.268 e. The Morgan fingerprint density at radius 1 is 1.05 bits per heavy atom. The highest BCUT2D eigenvalue weighted by Gasteiger charge is 2.18. The number of nitrogens with one attached hydrogen (secondary N) is 2. The standard InChI is InChI=1S/C30H34ClN5O2/c1-21(17-33-30(37)29-22(2)27-16-25(31)7-10-28(27)34-29)38-26-8-5-23(6-9-26)19-35-12-14-36(15-13-35)20-24-4-3-11-32-18-24/h3-11,16,18,21,34H,12-15,17,19-20H2,1-2H3,(H,33,37). The zero-order valence-electron chi connectivity index (χ0n) is 21.9. The van der Waals surface area contributed by atoms with E-state index in [0.29, 0.717) is 17.3 Å². The average Bonchev–Trinajstić information content (AvgIpc) is 3.26. The minimum atomic E-state index is -0.170. The molecule has 3 heterocycles. The van der Waals surface area contributed by atoms with Gasteiger partial charge in [-0.2, -0.15) is 0 Å². The van der Waals surface area contributed by atoms with Gasteiger partial charge >= 0.3 is 0 Å². The van der Waals surface area contributed by atoms with Crippen LogP contribution in [0.5, 0.6) is 5.75 Å². The fourth-order valence-corrected chi connectivity index (χ4v) is 5.08. The maximum absolute atomic E-state index is 12.8. The van der Waals surface area contributed by atoms with Gasteiger partial charge in [0.1, 0.15) is 17.5 Å². The highest BCUT2D eigenvalue weighted by molar-refractivity contribution is 6.31. The molecule has 2 aromatic heterocycles. The molecule has 5 rings (SSSR count). The average molecular weight is 532 g/mol. The van der Waals surface area contributed by atoms with Crippen molar-refractivity contribution in [2.75, 3.05) is 32.7 Å². The summed E-state index contributed by atoms with van der Waals surface area (Å²) in [7, 11) is 0.